The average molecular weight is 378 g/mol. The summed E-state index contributed by atoms with van der Waals surface area (Å²) in [5, 5.41) is 12.1. The Hall–Kier alpha value is -3.00. The molecule has 146 valence electrons. The smallest absolute Gasteiger partial charge is 0.261 e. The lowest BCUT2D eigenvalue weighted by molar-refractivity contribution is -0.128. The number of ether oxygens (including phenoxy) is 2. The maximum Gasteiger partial charge on any atom is 0.261 e. The molecule has 1 atom stereocenters. The highest BCUT2D eigenvalue weighted by Crippen LogP contribution is 2.31. The molecule has 0 aliphatic heterocycles. The number of nitrogens with one attached hydrogen (secondary N) is 1. The lowest BCUT2D eigenvalue weighted by atomic mass is 10.0. The Balaban J connectivity index is 1.79. The average Bonchev–Trinajstić information content (AvgIpc) is 3.24. The molecule has 1 aliphatic rings. The fourth-order valence-corrected chi connectivity index (χ4v) is 3.51. The zero-order valence-corrected chi connectivity index (χ0v) is 16.4. The number of hydrogen-bond donors (Lipinski definition) is 1. The first-order valence-corrected chi connectivity index (χ1v) is 9.79. The van der Waals surface area contributed by atoms with Gasteiger partial charge in [0.25, 0.3) is 5.91 Å². The van der Waals surface area contributed by atoms with Crippen LogP contribution in [0, 0.1) is 11.3 Å². The summed E-state index contributed by atoms with van der Waals surface area (Å²) in [6.07, 6.45) is 4.48. The quantitative estimate of drug-likeness (QED) is 0.773. The van der Waals surface area contributed by atoms with E-state index in [9.17, 15) is 4.79 Å². The Labute approximate surface area is 166 Å². The number of methoxy groups -OCH3 is 1. The third-order valence-electron chi connectivity index (χ3n) is 5.11. The first-order chi connectivity index (χ1) is 13.6. The van der Waals surface area contributed by atoms with E-state index >= 15 is 0 Å². The Morgan fingerprint density at radius 1 is 1.14 bits per heavy atom. The van der Waals surface area contributed by atoms with Gasteiger partial charge in [0.2, 0.25) is 0 Å². The van der Waals surface area contributed by atoms with Crippen molar-refractivity contribution < 1.29 is 14.3 Å². The largest absolute Gasteiger partial charge is 0.497 e. The van der Waals surface area contributed by atoms with Gasteiger partial charge in [-0.3, -0.25) is 4.79 Å². The topological polar surface area (TPSA) is 71.3 Å². The molecule has 3 rings (SSSR count). The molecule has 28 heavy (non-hydrogen) atoms. The molecule has 0 bridgehead atoms. The van der Waals surface area contributed by atoms with Crippen LogP contribution in [0.3, 0.4) is 0 Å². The minimum atomic E-state index is -0.540. The van der Waals surface area contributed by atoms with E-state index in [-0.39, 0.29) is 11.9 Å². The third-order valence-corrected chi connectivity index (χ3v) is 5.11. The first-order valence-electron chi connectivity index (χ1n) is 9.79. The number of carbonyl (C=O) groups is 1. The maximum atomic E-state index is 12.6. The van der Waals surface area contributed by atoms with Crippen molar-refractivity contribution in [1.29, 1.82) is 5.26 Å². The summed E-state index contributed by atoms with van der Waals surface area (Å²) < 4.78 is 11.5. The van der Waals surface area contributed by atoms with Crippen molar-refractivity contribution in [2.75, 3.05) is 7.11 Å². The molecule has 0 saturated heterocycles. The molecular weight excluding hydrogens is 352 g/mol. The van der Waals surface area contributed by atoms with Crippen LogP contribution in [0.1, 0.15) is 44.6 Å². The van der Waals surface area contributed by atoms with Gasteiger partial charge in [0.1, 0.15) is 11.5 Å². The number of carbonyl (C=O) groups excluding carboxylic acids is 1. The molecule has 0 spiro atoms. The van der Waals surface area contributed by atoms with Crippen LogP contribution in [-0.2, 0) is 4.79 Å². The van der Waals surface area contributed by atoms with Gasteiger partial charge in [0.15, 0.2) is 6.10 Å². The van der Waals surface area contributed by atoms with Gasteiger partial charge >= 0.3 is 0 Å². The second kappa shape index (κ2) is 9.27. The van der Waals surface area contributed by atoms with Gasteiger partial charge in [0, 0.05) is 12.1 Å². The van der Waals surface area contributed by atoms with Gasteiger partial charge < -0.3 is 14.8 Å². The summed E-state index contributed by atoms with van der Waals surface area (Å²) in [4.78, 5) is 12.6. The first kappa shape index (κ1) is 19.8. The van der Waals surface area contributed by atoms with Gasteiger partial charge in [-0.25, -0.2) is 0 Å². The second-order valence-corrected chi connectivity index (χ2v) is 7.09. The molecule has 0 aromatic heterocycles. The van der Waals surface area contributed by atoms with Gasteiger partial charge in [-0.15, -0.1) is 0 Å². The highest BCUT2D eigenvalue weighted by atomic mass is 16.5. The lowest BCUT2D eigenvalue weighted by Gasteiger charge is -2.21. The minimum Gasteiger partial charge on any atom is -0.497 e. The van der Waals surface area contributed by atoms with E-state index in [2.05, 4.69) is 11.4 Å². The van der Waals surface area contributed by atoms with E-state index in [0.29, 0.717) is 23.5 Å². The highest BCUT2D eigenvalue weighted by Gasteiger charge is 2.24. The monoisotopic (exact) mass is 378 g/mol. The van der Waals surface area contributed by atoms with Gasteiger partial charge in [-0.05, 0) is 54.7 Å². The summed E-state index contributed by atoms with van der Waals surface area (Å²) in [7, 11) is 1.60. The van der Waals surface area contributed by atoms with Crippen molar-refractivity contribution in [3.05, 3.63) is 48.0 Å². The van der Waals surface area contributed by atoms with Gasteiger partial charge in [-0.2, -0.15) is 5.26 Å². The summed E-state index contributed by atoms with van der Waals surface area (Å²) in [6.45, 7) is 1.95. The predicted molar refractivity (Wildman–Crippen MR) is 108 cm³/mol. The van der Waals surface area contributed by atoms with E-state index in [1.54, 1.807) is 25.3 Å². The number of nitrogens with zero attached hydrogens (tertiary/aromatic N) is 1. The molecule has 2 aromatic rings. The normalized spacial score (nSPS) is 14.9. The van der Waals surface area contributed by atoms with Crippen molar-refractivity contribution >= 4 is 5.91 Å². The molecule has 5 heteroatoms. The van der Waals surface area contributed by atoms with Crippen LogP contribution in [0.2, 0.25) is 0 Å². The molecule has 1 aliphatic carbocycles. The molecule has 0 radical (unpaired) electrons. The van der Waals surface area contributed by atoms with Crippen molar-refractivity contribution in [2.24, 2.45) is 0 Å². The summed E-state index contributed by atoms with van der Waals surface area (Å²) >= 11 is 0. The number of rotatable bonds is 7. The maximum absolute atomic E-state index is 12.6. The van der Waals surface area contributed by atoms with E-state index in [1.807, 2.05) is 31.2 Å². The molecule has 5 nitrogen and oxygen atoms in total. The van der Waals surface area contributed by atoms with Crippen molar-refractivity contribution in [3.63, 3.8) is 0 Å². The molecule has 2 aromatic carbocycles. The molecule has 1 amide bonds. The van der Waals surface area contributed by atoms with Crippen LogP contribution >= 0.6 is 0 Å². The SMILES string of the molecule is CCC(Oc1cc(OC)cc(-c2ccc(C#N)cc2)c1)C(=O)NC1CCCC1. The van der Waals surface area contributed by atoms with Crippen LogP contribution in [0.25, 0.3) is 11.1 Å². The summed E-state index contributed by atoms with van der Waals surface area (Å²) in [5.41, 5.74) is 2.47. The third kappa shape index (κ3) is 4.83. The summed E-state index contributed by atoms with van der Waals surface area (Å²) in [5.74, 6) is 1.19. The zero-order chi connectivity index (χ0) is 19.9. The number of benzene rings is 2. The number of hydrogen-bond acceptors (Lipinski definition) is 4. The molecule has 1 fully saturated rings. The zero-order valence-electron chi connectivity index (χ0n) is 16.4. The molecular formula is C23H26N2O3. The van der Waals surface area contributed by atoms with E-state index < -0.39 is 6.10 Å². The number of nitriles is 1. The van der Waals surface area contributed by atoms with Crippen LogP contribution in [-0.4, -0.2) is 25.2 Å². The van der Waals surface area contributed by atoms with E-state index in [1.165, 1.54) is 12.8 Å². The van der Waals surface area contributed by atoms with Gasteiger partial charge in [-0.1, -0.05) is 31.9 Å². The molecule has 1 saturated carbocycles. The Bertz CT molecular complexity index is 849. The second-order valence-electron chi connectivity index (χ2n) is 7.09. The van der Waals surface area contributed by atoms with Crippen molar-refractivity contribution in [3.8, 4) is 28.7 Å². The van der Waals surface area contributed by atoms with Crippen LogP contribution in [0.4, 0.5) is 0 Å². The van der Waals surface area contributed by atoms with Crippen LogP contribution in [0.5, 0.6) is 11.5 Å². The Morgan fingerprint density at radius 3 is 2.43 bits per heavy atom. The lowest BCUT2D eigenvalue weighted by Crippen LogP contribution is -2.42. The van der Waals surface area contributed by atoms with E-state index in [0.717, 1.165) is 24.0 Å². The minimum absolute atomic E-state index is 0.0582. The van der Waals surface area contributed by atoms with Crippen molar-refractivity contribution in [1.82, 2.24) is 5.32 Å². The number of amides is 1. The fraction of sp³-hybridized carbons (Fsp3) is 0.391. The van der Waals surface area contributed by atoms with Crippen LogP contribution in [0.15, 0.2) is 42.5 Å². The Kier molecular flexibility index (Phi) is 6.54. The van der Waals surface area contributed by atoms with E-state index in [4.69, 9.17) is 14.7 Å². The summed E-state index contributed by atoms with van der Waals surface area (Å²) in [6, 6.07) is 15.3. The highest BCUT2D eigenvalue weighted by molar-refractivity contribution is 5.81. The Morgan fingerprint density at radius 2 is 1.82 bits per heavy atom. The molecule has 0 heterocycles. The molecule has 1 N–H and O–H groups in total. The predicted octanol–water partition coefficient (Wildman–Crippen LogP) is 4.45. The van der Waals surface area contributed by atoms with Gasteiger partial charge in [0.05, 0.1) is 18.7 Å². The fourth-order valence-electron chi connectivity index (χ4n) is 3.51. The molecule has 1 unspecified atom stereocenters. The standard InChI is InChI=1S/C23H26N2O3/c1-3-22(23(26)25-19-6-4-5-7-19)28-21-13-18(12-20(14-21)27-2)17-10-8-16(15-24)9-11-17/h8-14,19,22H,3-7H2,1-2H3,(H,25,26). The van der Waals surface area contributed by atoms with Crippen LogP contribution < -0.4 is 14.8 Å². The van der Waals surface area contributed by atoms with Crippen molar-refractivity contribution in [2.45, 2.75) is 51.2 Å².